The summed E-state index contributed by atoms with van der Waals surface area (Å²) < 4.78 is 0. The van der Waals surface area contributed by atoms with Gasteiger partial charge < -0.3 is 0 Å². The van der Waals surface area contributed by atoms with Crippen molar-refractivity contribution in [1.82, 2.24) is 0 Å². The number of allylic oxidation sites excluding steroid dienone is 6. The lowest BCUT2D eigenvalue weighted by Crippen LogP contribution is -2.19. The van der Waals surface area contributed by atoms with E-state index in [4.69, 9.17) is 0 Å². The summed E-state index contributed by atoms with van der Waals surface area (Å²) in [6.07, 6.45) is 12.3. The molecule has 1 rings (SSSR count). The molecule has 1 heteroatoms. The molecule has 0 heterocycles. The van der Waals surface area contributed by atoms with E-state index in [9.17, 15) is 0 Å². The van der Waals surface area contributed by atoms with Crippen LogP contribution in [0.25, 0.3) is 0 Å². The van der Waals surface area contributed by atoms with Gasteiger partial charge in [0.15, 0.2) is 0 Å². The molecule has 0 radical (unpaired) electrons. The Morgan fingerprint density at radius 2 is 1.89 bits per heavy atom. The molecular formula is C18H32P+. The summed E-state index contributed by atoms with van der Waals surface area (Å²) in [5.74, 6) is 0. The van der Waals surface area contributed by atoms with Crippen molar-refractivity contribution in [3.8, 4) is 0 Å². The van der Waals surface area contributed by atoms with Gasteiger partial charge in [-0.1, -0.05) is 37.1 Å². The van der Waals surface area contributed by atoms with Gasteiger partial charge in [0.25, 0.3) is 0 Å². The van der Waals surface area contributed by atoms with Crippen LogP contribution in [0.4, 0.5) is 0 Å². The van der Waals surface area contributed by atoms with Crippen LogP contribution < -0.4 is 0 Å². The molecule has 0 saturated heterocycles. The average molecular weight is 279 g/mol. The van der Waals surface area contributed by atoms with E-state index in [1.54, 1.807) is 11.1 Å². The van der Waals surface area contributed by atoms with Gasteiger partial charge in [-0.05, 0) is 50.2 Å². The van der Waals surface area contributed by atoms with Crippen LogP contribution in [0, 0.1) is 5.41 Å². The van der Waals surface area contributed by atoms with Crippen molar-refractivity contribution < 1.29 is 0 Å². The summed E-state index contributed by atoms with van der Waals surface area (Å²) >= 11 is 0. The second-order valence-electron chi connectivity index (χ2n) is 7.69. The SMILES string of the molecule is CC1=C(/C=C/C(C)=C\C[P+](C)(C)C)C(C)(C)CCC1. The van der Waals surface area contributed by atoms with Crippen molar-refractivity contribution in [3.05, 3.63) is 34.9 Å². The topological polar surface area (TPSA) is 0 Å². The zero-order valence-electron chi connectivity index (χ0n) is 14.0. The third kappa shape index (κ3) is 5.65. The van der Waals surface area contributed by atoms with Crippen LogP contribution in [0.5, 0.6) is 0 Å². The first-order valence-electron chi connectivity index (χ1n) is 7.47. The molecule has 19 heavy (non-hydrogen) atoms. The van der Waals surface area contributed by atoms with Crippen molar-refractivity contribution in [1.29, 1.82) is 0 Å². The quantitative estimate of drug-likeness (QED) is 0.442. The van der Waals surface area contributed by atoms with E-state index in [0.29, 0.717) is 5.41 Å². The summed E-state index contributed by atoms with van der Waals surface area (Å²) in [5.41, 5.74) is 4.92. The van der Waals surface area contributed by atoms with E-state index >= 15 is 0 Å². The van der Waals surface area contributed by atoms with E-state index in [1.807, 2.05) is 0 Å². The molecule has 0 spiro atoms. The molecule has 0 amide bonds. The van der Waals surface area contributed by atoms with Gasteiger partial charge >= 0.3 is 0 Å². The van der Waals surface area contributed by atoms with Gasteiger partial charge in [-0.2, -0.15) is 0 Å². The highest BCUT2D eigenvalue weighted by Crippen LogP contribution is 2.46. The fourth-order valence-electron chi connectivity index (χ4n) is 2.71. The maximum atomic E-state index is 2.41. The molecule has 0 N–H and O–H groups in total. The molecule has 108 valence electrons. The van der Waals surface area contributed by atoms with Crippen molar-refractivity contribution in [2.75, 3.05) is 26.2 Å². The Kier molecular flexibility index (Phi) is 5.63. The monoisotopic (exact) mass is 279 g/mol. The first-order chi connectivity index (χ1) is 8.62. The largest absolute Gasteiger partial charge is 0.0771 e. The summed E-state index contributed by atoms with van der Waals surface area (Å²) in [6, 6.07) is 0. The molecule has 1 aliphatic carbocycles. The van der Waals surface area contributed by atoms with Crippen LogP contribution in [0.15, 0.2) is 34.9 Å². The van der Waals surface area contributed by atoms with Gasteiger partial charge in [-0.15, -0.1) is 0 Å². The molecule has 0 bridgehead atoms. The predicted octanol–water partition coefficient (Wildman–Crippen LogP) is 5.92. The van der Waals surface area contributed by atoms with E-state index in [0.717, 1.165) is 0 Å². The summed E-state index contributed by atoms with van der Waals surface area (Å²) in [6.45, 7) is 16.5. The average Bonchev–Trinajstić information content (AvgIpc) is 2.23. The number of hydrogen-bond acceptors (Lipinski definition) is 0. The lowest BCUT2D eigenvalue weighted by molar-refractivity contribution is 0.377. The third-order valence-electron chi connectivity index (χ3n) is 4.02. The van der Waals surface area contributed by atoms with E-state index in [2.05, 4.69) is 65.9 Å². The molecule has 0 atom stereocenters. The normalized spacial score (nSPS) is 21.3. The Morgan fingerprint density at radius 1 is 1.26 bits per heavy atom. The smallest absolute Gasteiger partial charge is 0.0696 e. The van der Waals surface area contributed by atoms with Crippen molar-refractivity contribution in [2.24, 2.45) is 5.41 Å². The minimum absolute atomic E-state index is 0.357. The van der Waals surface area contributed by atoms with Gasteiger partial charge in [0.05, 0.1) is 6.16 Å². The number of rotatable bonds is 4. The van der Waals surface area contributed by atoms with Gasteiger partial charge in [0, 0.05) is 27.3 Å². The van der Waals surface area contributed by atoms with Gasteiger partial charge in [-0.25, -0.2) is 0 Å². The Labute approximate surface area is 121 Å². The Morgan fingerprint density at radius 3 is 2.42 bits per heavy atom. The minimum atomic E-state index is -0.685. The second-order valence-corrected chi connectivity index (χ2v) is 12.6. The Bertz CT molecular complexity index is 400. The predicted molar refractivity (Wildman–Crippen MR) is 92.8 cm³/mol. The standard InChI is InChI=1S/C18H32P/c1-15(12-14-19(5,6)7)10-11-17-16(2)9-8-13-18(17,3)4/h10-12H,8-9,13-14H2,1-7H3/q+1/b11-10+,15-12-. The van der Waals surface area contributed by atoms with Crippen molar-refractivity contribution in [2.45, 2.75) is 47.0 Å². The van der Waals surface area contributed by atoms with Crippen LogP contribution in [0.3, 0.4) is 0 Å². The summed E-state index contributed by atoms with van der Waals surface area (Å²) in [4.78, 5) is 0. The van der Waals surface area contributed by atoms with E-state index in [1.165, 1.54) is 31.0 Å². The fourth-order valence-corrected chi connectivity index (χ4v) is 3.55. The second kappa shape index (κ2) is 6.40. The maximum absolute atomic E-state index is 2.41. The van der Waals surface area contributed by atoms with Crippen LogP contribution in [0.1, 0.15) is 47.0 Å². The molecule has 1 aliphatic rings. The van der Waals surface area contributed by atoms with Gasteiger partial charge in [0.1, 0.15) is 0 Å². The van der Waals surface area contributed by atoms with Crippen LogP contribution in [-0.2, 0) is 0 Å². The molecule has 0 fully saturated rings. The molecule has 0 aromatic rings. The highest BCUT2D eigenvalue weighted by molar-refractivity contribution is 7.73. The highest BCUT2D eigenvalue weighted by Gasteiger charge is 2.26. The molecule has 0 unspecified atom stereocenters. The van der Waals surface area contributed by atoms with Crippen LogP contribution in [-0.4, -0.2) is 26.2 Å². The number of hydrogen-bond donors (Lipinski definition) is 0. The first-order valence-corrected chi connectivity index (χ1v) is 10.8. The summed E-state index contributed by atoms with van der Waals surface area (Å²) in [7, 11) is -0.685. The Balaban J connectivity index is 2.80. The van der Waals surface area contributed by atoms with Crippen molar-refractivity contribution in [3.63, 3.8) is 0 Å². The first kappa shape index (κ1) is 16.7. The fraction of sp³-hybridized carbons (Fsp3) is 0.667. The van der Waals surface area contributed by atoms with Crippen molar-refractivity contribution >= 4 is 7.26 Å². The summed E-state index contributed by atoms with van der Waals surface area (Å²) in [5, 5.41) is 0. The zero-order valence-corrected chi connectivity index (χ0v) is 14.9. The highest BCUT2D eigenvalue weighted by atomic mass is 31.2. The lowest BCUT2D eigenvalue weighted by Gasteiger charge is -2.32. The molecule has 0 aromatic carbocycles. The van der Waals surface area contributed by atoms with Crippen LogP contribution in [0.2, 0.25) is 0 Å². The lowest BCUT2D eigenvalue weighted by atomic mass is 9.72. The Hall–Kier alpha value is -0.350. The maximum Gasteiger partial charge on any atom is 0.0771 e. The third-order valence-corrected chi connectivity index (χ3v) is 5.29. The van der Waals surface area contributed by atoms with Crippen LogP contribution >= 0.6 is 7.26 Å². The van der Waals surface area contributed by atoms with E-state index < -0.39 is 7.26 Å². The van der Waals surface area contributed by atoms with Gasteiger partial charge in [0.2, 0.25) is 0 Å². The molecular weight excluding hydrogens is 247 g/mol. The molecule has 0 nitrogen and oxygen atoms in total. The molecule has 0 aromatic heterocycles. The molecule has 0 aliphatic heterocycles. The zero-order chi connectivity index (χ0) is 14.7. The van der Waals surface area contributed by atoms with Gasteiger partial charge in [-0.3, -0.25) is 0 Å². The van der Waals surface area contributed by atoms with E-state index in [-0.39, 0.29) is 0 Å². The minimum Gasteiger partial charge on any atom is -0.0696 e. The molecule has 0 saturated carbocycles.